The van der Waals surface area contributed by atoms with Crippen LogP contribution in [0, 0.1) is 0 Å². The van der Waals surface area contributed by atoms with Crippen molar-refractivity contribution in [1.29, 1.82) is 0 Å². The van der Waals surface area contributed by atoms with E-state index in [2.05, 4.69) is 5.32 Å². The van der Waals surface area contributed by atoms with Gasteiger partial charge in [-0.2, -0.15) is 0 Å². The fourth-order valence-corrected chi connectivity index (χ4v) is 4.60. The Kier molecular flexibility index (Phi) is 9.61. The molecule has 0 unspecified atom stereocenters. The van der Waals surface area contributed by atoms with Crippen molar-refractivity contribution in [3.63, 3.8) is 0 Å². The van der Waals surface area contributed by atoms with Crippen LogP contribution in [-0.2, 0) is 26.2 Å². The Morgan fingerprint density at radius 3 is 2.21 bits per heavy atom. The van der Waals surface area contributed by atoms with Crippen molar-refractivity contribution in [1.82, 2.24) is 10.2 Å². The first-order valence-corrected chi connectivity index (χ1v) is 13.1. The van der Waals surface area contributed by atoms with Crippen LogP contribution < -0.4 is 14.4 Å². The van der Waals surface area contributed by atoms with E-state index in [1.54, 1.807) is 31.2 Å². The van der Waals surface area contributed by atoms with Gasteiger partial charge in [-0.15, -0.1) is 0 Å². The average molecular weight is 530 g/mol. The lowest BCUT2D eigenvalue weighted by Crippen LogP contribution is -2.52. The number of nitrogens with one attached hydrogen (secondary N) is 1. The van der Waals surface area contributed by atoms with Crippen LogP contribution in [0.5, 0.6) is 5.75 Å². The largest absolute Gasteiger partial charge is 0.497 e. The predicted octanol–water partition coefficient (Wildman–Crippen LogP) is 3.71. The van der Waals surface area contributed by atoms with Gasteiger partial charge in [0, 0.05) is 22.6 Å². The number of methoxy groups -OCH3 is 1. The van der Waals surface area contributed by atoms with Crippen molar-refractivity contribution >= 4 is 50.7 Å². The van der Waals surface area contributed by atoms with Gasteiger partial charge in [0.15, 0.2) is 0 Å². The molecule has 186 valence electrons. The summed E-state index contributed by atoms with van der Waals surface area (Å²) in [6.45, 7) is 4.74. The number of rotatable bonds is 10. The van der Waals surface area contributed by atoms with E-state index in [-0.39, 0.29) is 34.2 Å². The topological polar surface area (TPSA) is 96.0 Å². The fraction of sp³-hybridized carbons (Fsp3) is 0.391. The maximum Gasteiger partial charge on any atom is 0.244 e. The van der Waals surface area contributed by atoms with Crippen molar-refractivity contribution < 1.29 is 22.7 Å². The van der Waals surface area contributed by atoms with Crippen molar-refractivity contribution in [2.45, 2.75) is 39.4 Å². The molecule has 0 saturated carbocycles. The van der Waals surface area contributed by atoms with Gasteiger partial charge in [0.05, 0.1) is 19.1 Å². The number of amides is 2. The molecule has 1 N–H and O–H groups in total. The van der Waals surface area contributed by atoms with E-state index >= 15 is 0 Å². The minimum Gasteiger partial charge on any atom is -0.497 e. The third-order valence-electron chi connectivity index (χ3n) is 4.90. The number of benzene rings is 2. The SMILES string of the molecule is COc1cccc(CN(C(=O)CN(c2cc(Cl)cc(Cl)c2)S(C)(=O)=O)[C@@H](C)C(=O)NC(C)C)c1. The Morgan fingerprint density at radius 2 is 1.68 bits per heavy atom. The number of nitrogens with zero attached hydrogens (tertiary/aromatic N) is 2. The Balaban J connectivity index is 2.43. The zero-order valence-electron chi connectivity index (χ0n) is 19.7. The lowest BCUT2D eigenvalue weighted by Gasteiger charge is -2.32. The first kappa shape index (κ1) is 27.8. The first-order chi connectivity index (χ1) is 15.8. The van der Waals surface area contributed by atoms with Gasteiger partial charge in [0.1, 0.15) is 18.3 Å². The van der Waals surface area contributed by atoms with E-state index in [0.717, 1.165) is 10.6 Å². The second-order valence-corrected chi connectivity index (χ2v) is 10.9. The number of carbonyl (C=O) groups is 2. The Morgan fingerprint density at radius 1 is 1.06 bits per heavy atom. The van der Waals surface area contributed by atoms with Crippen LogP contribution >= 0.6 is 23.2 Å². The highest BCUT2D eigenvalue weighted by Crippen LogP contribution is 2.27. The lowest BCUT2D eigenvalue weighted by atomic mass is 10.1. The second kappa shape index (κ2) is 11.8. The molecule has 2 amide bonds. The number of carbonyl (C=O) groups excluding carboxylic acids is 2. The van der Waals surface area contributed by atoms with E-state index in [0.29, 0.717) is 11.3 Å². The van der Waals surface area contributed by atoms with E-state index in [1.807, 2.05) is 13.8 Å². The maximum atomic E-state index is 13.5. The van der Waals surface area contributed by atoms with Crippen LogP contribution in [0.25, 0.3) is 0 Å². The number of ether oxygens (including phenoxy) is 1. The van der Waals surface area contributed by atoms with Crippen LogP contribution in [0.1, 0.15) is 26.3 Å². The monoisotopic (exact) mass is 529 g/mol. The molecule has 2 aromatic carbocycles. The molecule has 8 nitrogen and oxygen atoms in total. The number of hydrogen-bond acceptors (Lipinski definition) is 5. The van der Waals surface area contributed by atoms with Crippen LogP contribution in [0.4, 0.5) is 5.69 Å². The smallest absolute Gasteiger partial charge is 0.244 e. The van der Waals surface area contributed by atoms with Crippen molar-refractivity contribution in [2.24, 2.45) is 0 Å². The molecule has 0 aliphatic rings. The molecule has 0 heterocycles. The molecule has 0 aliphatic heterocycles. The summed E-state index contributed by atoms with van der Waals surface area (Å²) in [4.78, 5) is 27.6. The summed E-state index contributed by atoms with van der Waals surface area (Å²) >= 11 is 12.1. The summed E-state index contributed by atoms with van der Waals surface area (Å²) in [5, 5.41) is 3.24. The quantitative estimate of drug-likeness (QED) is 0.506. The Labute approximate surface area is 210 Å². The normalized spacial score (nSPS) is 12.2. The predicted molar refractivity (Wildman–Crippen MR) is 135 cm³/mol. The van der Waals surface area contributed by atoms with Crippen LogP contribution in [-0.4, -0.2) is 57.1 Å². The van der Waals surface area contributed by atoms with Gasteiger partial charge in [-0.1, -0.05) is 35.3 Å². The summed E-state index contributed by atoms with van der Waals surface area (Å²) in [5.41, 5.74) is 0.863. The van der Waals surface area contributed by atoms with Crippen LogP contribution in [0.2, 0.25) is 10.0 Å². The van der Waals surface area contributed by atoms with Gasteiger partial charge in [0.25, 0.3) is 0 Å². The summed E-state index contributed by atoms with van der Waals surface area (Å²) < 4.78 is 31.3. The third kappa shape index (κ3) is 7.78. The van der Waals surface area contributed by atoms with Crippen molar-refractivity contribution in [3.05, 3.63) is 58.1 Å². The summed E-state index contributed by atoms with van der Waals surface area (Å²) in [7, 11) is -2.35. The Hall–Kier alpha value is -2.49. The summed E-state index contributed by atoms with van der Waals surface area (Å²) in [5.74, 6) is -0.339. The highest BCUT2D eigenvalue weighted by molar-refractivity contribution is 7.92. The molecule has 0 fully saturated rings. The number of halogens is 2. The molecule has 1 atom stereocenters. The average Bonchev–Trinajstić information content (AvgIpc) is 2.73. The van der Waals surface area contributed by atoms with Gasteiger partial charge in [-0.05, 0) is 56.7 Å². The molecular weight excluding hydrogens is 501 g/mol. The zero-order valence-corrected chi connectivity index (χ0v) is 22.0. The molecule has 2 aromatic rings. The minimum atomic E-state index is -3.88. The summed E-state index contributed by atoms with van der Waals surface area (Å²) in [6, 6.07) is 10.3. The van der Waals surface area contributed by atoms with Gasteiger partial charge < -0.3 is 15.0 Å². The van der Waals surface area contributed by atoms with Gasteiger partial charge >= 0.3 is 0 Å². The van der Waals surface area contributed by atoms with Crippen molar-refractivity contribution in [2.75, 3.05) is 24.2 Å². The summed E-state index contributed by atoms with van der Waals surface area (Å²) in [6.07, 6.45) is 0.983. The third-order valence-corrected chi connectivity index (χ3v) is 6.48. The minimum absolute atomic E-state index is 0.0661. The number of hydrogen-bond donors (Lipinski definition) is 1. The molecule has 0 saturated heterocycles. The Bertz CT molecular complexity index is 1120. The second-order valence-electron chi connectivity index (χ2n) is 8.11. The van der Waals surface area contributed by atoms with Gasteiger partial charge in [-0.3, -0.25) is 13.9 Å². The fourth-order valence-electron chi connectivity index (χ4n) is 3.25. The highest BCUT2D eigenvalue weighted by Gasteiger charge is 2.30. The molecular formula is C23H29Cl2N3O5S. The van der Waals surface area contributed by atoms with E-state index in [9.17, 15) is 18.0 Å². The molecule has 2 rings (SSSR count). The van der Waals surface area contributed by atoms with Crippen LogP contribution in [0.3, 0.4) is 0 Å². The zero-order chi connectivity index (χ0) is 25.6. The molecule has 0 aliphatic carbocycles. The molecule has 0 spiro atoms. The molecule has 0 aromatic heterocycles. The molecule has 0 radical (unpaired) electrons. The van der Waals surface area contributed by atoms with Crippen molar-refractivity contribution in [3.8, 4) is 5.75 Å². The van der Waals surface area contributed by atoms with Gasteiger partial charge in [0.2, 0.25) is 21.8 Å². The standard InChI is InChI=1S/C23H29Cl2N3O5S/c1-15(2)26-23(30)16(3)27(13-17-7-6-8-21(9-17)33-4)22(29)14-28(34(5,31)32)20-11-18(24)10-19(25)12-20/h6-12,15-16H,13-14H2,1-5H3,(H,26,30)/t16-/m0/s1. The van der Waals surface area contributed by atoms with Crippen LogP contribution in [0.15, 0.2) is 42.5 Å². The molecule has 0 bridgehead atoms. The van der Waals surface area contributed by atoms with E-state index in [1.165, 1.54) is 30.2 Å². The molecule has 34 heavy (non-hydrogen) atoms. The van der Waals surface area contributed by atoms with Gasteiger partial charge in [-0.25, -0.2) is 8.42 Å². The van der Waals surface area contributed by atoms with E-state index < -0.39 is 28.5 Å². The lowest BCUT2D eigenvalue weighted by molar-refractivity contribution is -0.139. The van der Waals surface area contributed by atoms with E-state index in [4.69, 9.17) is 27.9 Å². The highest BCUT2D eigenvalue weighted by atomic mass is 35.5. The first-order valence-electron chi connectivity index (χ1n) is 10.5. The number of sulfonamides is 1. The maximum absolute atomic E-state index is 13.5. The molecule has 11 heteroatoms. The number of anilines is 1.